The Kier molecular flexibility index (Phi) is 7.37. The fraction of sp³-hybridized carbons (Fsp3) is 0.846. The summed E-state index contributed by atoms with van der Waals surface area (Å²) in [5.74, 6) is 0.867. The summed E-state index contributed by atoms with van der Waals surface area (Å²) in [6.07, 6.45) is 0. The highest BCUT2D eigenvalue weighted by atomic mass is 35.5. The van der Waals surface area contributed by atoms with Crippen molar-refractivity contribution in [2.24, 2.45) is 23.5 Å². The second-order valence-corrected chi connectivity index (χ2v) is 5.74. The number of carbonyl (C=O) groups is 2. The van der Waals surface area contributed by atoms with Gasteiger partial charge in [0.2, 0.25) is 11.8 Å². The molecule has 0 saturated carbocycles. The minimum absolute atomic E-state index is 0. The average Bonchev–Trinajstić information content (AvgIpc) is 2.65. The molecule has 1 fully saturated rings. The second-order valence-electron chi connectivity index (χ2n) is 5.74. The SMILES string of the molecule is CC1CN(C(=O)CNC(=O)[C@@H](N)C(C)C)CC1C.Cl. The fourth-order valence-corrected chi connectivity index (χ4v) is 2.03. The summed E-state index contributed by atoms with van der Waals surface area (Å²) in [7, 11) is 0. The number of nitrogens with two attached hydrogens (primary N) is 1. The molecule has 3 atom stereocenters. The van der Waals surface area contributed by atoms with Gasteiger partial charge >= 0.3 is 0 Å². The van der Waals surface area contributed by atoms with Gasteiger partial charge in [-0.15, -0.1) is 12.4 Å². The highest BCUT2D eigenvalue weighted by Crippen LogP contribution is 2.21. The van der Waals surface area contributed by atoms with Crippen LogP contribution in [0, 0.1) is 17.8 Å². The van der Waals surface area contributed by atoms with Crippen molar-refractivity contribution in [2.45, 2.75) is 33.7 Å². The van der Waals surface area contributed by atoms with Gasteiger partial charge < -0.3 is 16.0 Å². The summed E-state index contributed by atoms with van der Waals surface area (Å²) in [6, 6.07) is -0.547. The summed E-state index contributed by atoms with van der Waals surface area (Å²) in [5.41, 5.74) is 5.71. The number of likely N-dealkylation sites (tertiary alicyclic amines) is 1. The number of amides is 2. The highest BCUT2D eigenvalue weighted by Gasteiger charge is 2.29. The van der Waals surface area contributed by atoms with E-state index in [9.17, 15) is 9.59 Å². The molecule has 0 spiro atoms. The molecule has 112 valence electrons. The quantitative estimate of drug-likeness (QED) is 0.797. The third kappa shape index (κ3) is 4.99. The fourth-order valence-electron chi connectivity index (χ4n) is 2.03. The van der Waals surface area contributed by atoms with Crippen molar-refractivity contribution in [2.75, 3.05) is 19.6 Å². The molecule has 0 aromatic heterocycles. The van der Waals surface area contributed by atoms with E-state index in [1.807, 2.05) is 18.7 Å². The van der Waals surface area contributed by atoms with Gasteiger partial charge in [-0.1, -0.05) is 27.7 Å². The first-order valence-electron chi connectivity index (χ1n) is 6.64. The average molecular weight is 292 g/mol. The summed E-state index contributed by atoms with van der Waals surface area (Å²) in [6.45, 7) is 9.68. The van der Waals surface area contributed by atoms with E-state index in [2.05, 4.69) is 19.2 Å². The molecule has 1 rings (SSSR count). The van der Waals surface area contributed by atoms with Crippen molar-refractivity contribution in [1.29, 1.82) is 0 Å². The summed E-state index contributed by atoms with van der Waals surface area (Å²) < 4.78 is 0. The van der Waals surface area contributed by atoms with Crippen LogP contribution in [0.1, 0.15) is 27.7 Å². The molecule has 0 aromatic carbocycles. The molecular weight excluding hydrogens is 266 g/mol. The van der Waals surface area contributed by atoms with E-state index in [1.54, 1.807) is 0 Å². The number of carbonyl (C=O) groups excluding carboxylic acids is 2. The molecule has 3 N–H and O–H groups in total. The van der Waals surface area contributed by atoms with Gasteiger partial charge in [0.1, 0.15) is 0 Å². The molecule has 1 heterocycles. The lowest BCUT2D eigenvalue weighted by molar-refractivity contribution is -0.132. The maximum Gasteiger partial charge on any atom is 0.241 e. The van der Waals surface area contributed by atoms with Crippen LogP contribution in [0.3, 0.4) is 0 Å². The van der Waals surface area contributed by atoms with Gasteiger partial charge in [0, 0.05) is 13.1 Å². The Balaban J connectivity index is 0.00000324. The minimum Gasteiger partial charge on any atom is -0.346 e. The van der Waals surface area contributed by atoms with Crippen molar-refractivity contribution in [1.82, 2.24) is 10.2 Å². The third-order valence-corrected chi connectivity index (χ3v) is 3.78. The Morgan fingerprint density at radius 1 is 1.26 bits per heavy atom. The Morgan fingerprint density at radius 3 is 2.16 bits per heavy atom. The van der Waals surface area contributed by atoms with Crippen molar-refractivity contribution >= 4 is 24.2 Å². The summed E-state index contributed by atoms with van der Waals surface area (Å²) >= 11 is 0. The standard InChI is InChI=1S/C13H25N3O2.ClH/c1-8(2)12(14)13(18)15-5-11(17)16-6-9(3)10(4)7-16;/h8-10,12H,5-7,14H2,1-4H3,(H,15,18);1H/t9?,10?,12-;/m0./s1. The van der Waals surface area contributed by atoms with Crippen LogP contribution in [-0.4, -0.2) is 42.4 Å². The molecule has 1 aliphatic rings. The smallest absolute Gasteiger partial charge is 0.241 e. The Hall–Kier alpha value is -0.810. The van der Waals surface area contributed by atoms with Crippen LogP contribution in [0.2, 0.25) is 0 Å². The van der Waals surface area contributed by atoms with Crippen LogP contribution in [0.25, 0.3) is 0 Å². The van der Waals surface area contributed by atoms with E-state index in [4.69, 9.17) is 5.73 Å². The Bertz CT molecular complexity index is 313. The van der Waals surface area contributed by atoms with Gasteiger partial charge in [0.15, 0.2) is 0 Å². The first-order valence-corrected chi connectivity index (χ1v) is 6.64. The second kappa shape index (κ2) is 7.70. The first-order chi connectivity index (χ1) is 8.32. The molecule has 0 bridgehead atoms. The molecule has 0 radical (unpaired) electrons. The van der Waals surface area contributed by atoms with E-state index in [-0.39, 0.29) is 36.7 Å². The molecular formula is C13H26ClN3O2. The zero-order valence-electron chi connectivity index (χ0n) is 12.2. The summed E-state index contributed by atoms with van der Waals surface area (Å²) in [5, 5.41) is 2.61. The lowest BCUT2D eigenvalue weighted by Crippen LogP contribution is -2.47. The predicted molar refractivity (Wildman–Crippen MR) is 78.0 cm³/mol. The third-order valence-electron chi connectivity index (χ3n) is 3.78. The van der Waals surface area contributed by atoms with Crippen LogP contribution >= 0.6 is 12.4 Å². The lowest BCUT2D eigenvalue weighted by Gasteiger charge is -2.18. The van der Waals surface area contributed by atoms with E-state index in [0.717, 1.165) is 13.1 Å². The zero-order valence-corrected chi connectivity index (χ0v) is 13.0. The van der Waals surface area contributed by atoms with Crippen LogP contribution in [0.4, 0.5) is 0 Å². The van der Waals surface area contributed by atoms with E-state index >= 15 is 0 Å². The van der Waals surface area contributed by atoms with Crippen molar-refractivity contribution in [3.05, 3.63) is 0 Å². The van der Waals surface area contributed by atoms with Crippen LogP contribution in [0.15, 0.2) is 0 Å². The van der Waals surface area contributed by atoms with Crippen LogP contribution < -0.4 is 11.1 Å². The lowest BCUT2D eigenvalue weighted by atomic mass is 10.0. The van der Waals surface area contributed by atoms with Crippen molar-refractivity contribution in [3.63, 3.8) is 0 Å². The molecule has 2 amide bonds. The van der Waals surface area contributed by atoms with Gasteiger partial charge in [-0.2, -0.15) is 0 Å². The van der Waals surface area contributed by atoms with Gasteiger partial charge in [-0.05, 0) is 17.8 Å². The number of nitrogens with one attached hydrogen (secondary N) is 1. The van der Waals surface area contributed by atoms with Gasteiger partial charge in [0.05, 0.1) is 12.6 Å². The van der Waals surface area contributed by atoms with Gasteiger partial charge in [-0.3, -0.25) is 9.59 Å². The van der Waals surface area contributed by atoms with Crippen molar-refractivity contribution in [3.8, 4) is 0 Å². The maximum absolute atomic E-state index is 11.9. The molecule has 6 heteroatoms. The van der Waals surface area contributed by atoms with E-state index < -0.39 is 6.04 Å². The molecule has 19 heavy (non-hydrogen) atoms. The van der Waals surface area contributed by atoms with Gasteiger partial charge in [-0.25, -0.2) is 0 Å². The van der Waals surface area contributed by atoms with Crippen LogP contribution in [0.5, 0.6) is 0 Å². The molecule has 0 aromatic rings. The molecule has 1 aliphatic heterocycles. The molecule has 5 nitrogen and oxygen atoms in total. The zero-order chi connectivity index (χ0) is 13.9. The number of halogens is 1. The topological polar surface area (TPSA) is 75.4 Å². The van der Waals surface area contributed by atoms with E-state index in [0.29, 0.717) is 11.8 Å². The largest absolute Gasteiger partial charge is 0.346 e. The highest BCUT2D eigenvalue weighted by molar-refractivity contribution is 5.87. The maximum atomic E-state index is 11.9. The molecule has 2 unspecified atom stereocenters. The normalized spacial score (nSPS) is 24.0. The number of nitrogens with zero attached hydrogens (tertiary/aromatic N) is 1. The Labute approximate surface area is 121 Å². The predicted octanol–water partition coefficient (Wildman–Crippen LogP) is 0.622. The van der Waals surface area contributed by atoms with Gasteiger partial charge in [0.25, 0.3) is 0 Å². The van der Waals surface area contributed by atoms with E-state index in [1.165, 1.54) is 0 Å². The van der Waals surface area contributed by atoms with Crippen molar-refractivity contribution < 1.29 is 9.59 Å². The van der Waals surface area contributed by atoms with Crippen LogP contribution in [-0.2, 0) is 9.59 Å². The number of rotatable bonds is 4. The molecule has 0 aliphatic carbocycles. The minimum atomic E-state index is -0.547. The monoisotopic (exact) mass is 291 g/mol. The summed E-state index contributed by atoms with van der Waals surface area (Å²) in [4.78, 5) is 25.3. The molecule has 1 saturated heterocycles. The number of hydrogen-bond acceptors (Lipinski definition) is 3. The Morgan fingerprint density at radius 2 is 1.74 bits per heavy atom. The number of hydrogen-bond donors (Lipinski definition) is 2. The first kappa shape index (κ1) is 18.2.